The van der Waals surface area contributed by atoms with Crippen molar-refractivity contribution in [3.63, 3.8) is 0 Å². The predicted molar refractivity (Wildman–Crippen MR) is 110 cm³/mol. The first-order valence-corrected chi connectivity index (χ1v) is 10.8. The second-order valence-electron chi connectivity index (χ2n) is 8.23. The number of piperidine rings is 1. The van der Waals surface area contributed by atoms with Gasteiger partial charge in [-0.15, -0.1) is 0 Å². The molecule has 1 atom stereocenters. The Labute approximate surface area is 180 Å². The summed E-state index contributed by atoms with van der Waals surface area (Å²) in [5.74, 6) is -1.12. The zero-order valence-electron chi connectivity index (χ0n) is 17.4. The first-order valence-electron chi connectivity index (χ1n) is 10.8. The molecule has 3 heterocycles. The summed E-state index contributed by atoms with van der Waals surface area (Å²) in [5.41, 5.74) is 0.850. The lowest BCUT2D eigenvalue weighted by atomic mass is 9.94. The van der Waals surface area contributed by atoms with Gasteiger partial charge in [0.05, 0.1) is 0 Å². The number of carbonyl (C=O) groups excluding carboxylic acids is 2. The van der Waals surface area contributed by atoms with Crippen LogP contribution >= 0.6 is 0 Å². The fourth-order valence-corrected chi connectivity index (χ4v) is 4.37. The maximum atomic E-state index is 13.5. The molecule has 0 saturated carbocycles. The van der Waals surface area contributed by atoms with Crippen LogP contribution in [0, 0.1) is 11.6 Å². The van der Waals surface area contributed by atoms with Crippen molar-refractivity contribution in [3.8, 4) is 0 Å². The predicted octanol–water partition coefficient (Wildman–Crippen LogP) is 3.33. The van der Waals surface area contributed by atoms with Gasteiger partial charge in [-0.05, 0) is 43.9 Å². The van der Waals surface area contributed by atoms with Gasteiger partial charge in [-0.3, -0.25) is 9.59 Å². The van der Waals surface area contributed by atoms with Gasteiger partial charge in [0.15, 0.2) is 0 Å². The lowest BCUT2D eigenvalue weighted by molar-refractivity contribution is -0.130. The molecule has 2 aliphatic rings. The molecule has 4 rings (SSSR count). The van der Waals surface area contributed by atoms with Crippen molar-refractivity contribution in [3.05, 3.63) is 59.2 Å². The van der Waals surface area contributed by atoms with Crippen molar-refractivity contribution >= 4 is 11.8 Å². The largest absolute Gasteiger partial charge is 0.343 e. The van der Waals surface area contributed by atoms with Gasteiger partial charge in [0.2, 0.25) is 5.91 Å². The fraction of sp³-hybridized carbons (Fsp3) is 0.478. The van der Waals surface area contributed by atoms with E-state index in [2.05, 4.69) is 9.97 Å². The normalized spacial score (nSPS) is 19.0. The number of likely N-dealkylation sites (tertiary alicyclic amines) is 2. The summed E-state index contributed by atoms with van der Waals surface area (Å²) in [4.78, 5) is 37.5. The Balaban J connectivity index is 1.40. The van der Waals surface area contributed by atoms with E-state index in [0.29, 0.717) is 31.8 Å². The fourth-order valence-electron chi connectivity index (χ4n) is 4.37. The van der Waals surface area contributed by atoms with Crippen molar-refractivity contribution < 1.29 is 18.4 Å². The summed E-state index contributed by atoms with van der Waals surface area (Å²) in [6, 6.07) is 4.73. The van der Waals surface area contributed by atoms with E-state index in [0.717, 1.165) is 62.7 Å². The standard InChI is InChI=1S/C23H26F2N4O2/c24-18-12-17(13-19(25)14-18)23(31)29-11-3-4-16(15-29)20-7-8-26-21(27-20)5-6-22(30)28-9-1-2-10-28/h7-8,12-14,16H,1-6,9-11,15H2. The van der Waals surface area contributed by atoms with Crippen molar-refractivity contribution in [1.29, 1.82) is 0 Å². The number of amides is 2. The molecule has 1 unspecified atom stereocenters. The zero-order chi connectivity index (χ0) is 21.8. The Kier molecular flexibility index (Phi) is 6.53. The van der Waals surface area contributed by atoms with Crippen LogP contribution in [0.3, 0.4) is 0 Å². The monoisotopic (exact) mass is 428 g/mol. The summed E-state index contributed by atoms with van der Waals surface area (Å²) >= 11 is 0. The van der Waals surface area contributed by atoms with Gasteiger partial charge in [-0.25, -0.2) is 18.7 Å². The van der Waals surface area contributed by atoms with E-state index in [4.69, 9.17) is 0 Å². The topological polar surface area (TPSA) is 66.4 Å². The minimum absolute atomic E-state index is 0.0157. The number of aromatic nitrogens is 2. The molecular formula is C23H26F2N4O2. The van der Waals surface area contributed by atoms with E-state index in [1.165, 1.54) is 0 Å². The number of rotatable bonds is 5. The molecule has 2 amide bonds. The lowest BCUT2D eigenvalue weighted by Crippen LogP contribution is -2.39. The van der Waals surface area contributed by atoms with Gasteiger partial charge < -0.3 is 9.80 Å². The Morgan fingerprint density at radius 2 is 1.71 bits per heavy atom. The zero-order valence-corrected chi connectivity index (χ0v) is 17.4. The van der Waals surface area contributed by atoms with Gasteiger partial charge in [0, 0.05) is 68.5 Å². The minimum atomic E-state index is -0.763. The molecule has 2 aliphatic heterocycles. The van der Waals surface area contributed by atoms with Crippen LogP contribution in [-0.2, 0) is 11.2 Å². The van der Waals surface area contributed by atoms with Crippen LogP contribution < -0.4 is 0 Å². The third kappa shape index (κ3) is 5.24. The summed E-state index contributed by atoms with van der Waals surface area (Å²) in [6.45, 7) is 2.64. The second-order valence-corrected chi connectivity index (χ2v) is 8.23. The maximum absolute atomic E-state index is 13.5. The Hall–Kier alpha value is -2.90. The molecule has 1 aromatic heterocycles. The molecule has 0 spiro atoms. The molecule has 0 N–H and O–H groups in total. The molecule has 8 heteroatoms. The number of hydrogen-bond donors (Lipinski definition) is 0. The van der Waals surface area contributed by atoms with Crippen LogP contribution in [0.5, 0.6) is 0 Å². The molecule has 2 aromatic rings. The average molecular weight is 428 g/mol. The van der Waals surface area contributed by atoms with Crippen LogP contribution in [0.25, 0.3) is 0 Å². The summed E-state index contributed by atoms with van der Waals surface area (Å²) in [7, 11) is 0. The van der Waals surface area contributed by atoms with Crippen molar-refractivity contribution in [1.82, 2.24) is 19.8 Å². The highest BCUT2D eigenvalue weighted by molar-refractivity contribution is 5.94. The first-order chi connectivity index (χ1) is 15.0. The summed E-state index contributed by atoms with van der Waals surface area (Å²) in [6.07, 6.45) is 6.35. The quantitative estimate of drug-likeness (QED) is 0.733. The third-order valence-corrected chi connectivity index (χ3v) is 5.98. The van der Waals surface area contributed by atoms with E-state index in [-0.39, 0.29) is 23.3 Å². The first kappa shape index (κ1) is 21.3. The smallest absolute Gasteiger partial charge is 0.254 e. The Morgan fingerprint density at radius 1 is 1.00 bits per heavy atom. The number of hydrogen-bond acceptors (Lipinski definition) is 4. The molecule has 6 nitrogen and oxygen atoms in total. The molecule has 1 aromatic carbocycles. The van der Waals surface area contributed by atoms with Crippen molar-refractivity contribution in [2.24, 2.45) is 0 Å². The highest BCUT2D eigenvalue weighted by Crippen LogP contribution is 2.27. The summed E-state index contributed by atoms with van der Waals surface area (Å²) in [5, 5.41) is 0. The molecule has 0 radical (unpaired) electrons. The summed E-state index contributed by atoms with van der Waals surface area (Å²) < 4.78 is 27.0. The van der Waals surface area contributed by atoms with Crippen LogP contribution in [0.2, 0.25) is 0 Å². The Bertz CT molecular complexity index is 942. The van der Waals surface area contributed by atoms with Gasteiger partial charge in [-0.2, -0.15) is 0 Å². The number of benzene rings is 1. The van der Waals surface area contributed by atoms with Crippen molar-refractivity contribution in [2.75, 3.05) is 26.2 Å². The van der Waals surface area contributed by atoms with Gasteiger partial charge in [0.1, 0.15) is 17.5 Å². The maximum Gasteiger partial charge on any atom is 0.254 e. The van der Waals surface area contributed by atoms with E-state index < -0.39 is 11.6 Å². The van der Waals surface area contributed by atoms with Gasteiger partial charge >= 0.3 is 0 Å². The van der Waals surface area contributed by atoms with Gasteiger partial charge in [-0.1, -0.05) is 0 Å². The highest BCUT2D eigenvalue weighted by atomic mass is 19.1. The molecule has 0 aliphatic carbocycles. The minimum Gasteiger partial charge on any atom is -0.343 e. The van der Waals surface area contributed by atoms with Crippen LogP contribution in [0.15, 0.2) is 30.5 Å². The number of carbonyl (C=O) groups is 2. The molecule has 2 fully saturated rings. The third-order valence-electron chi connectivity index (χ3n) is 5.98. The average Bonchev–Trinajstić information content (AvgIpc) is 3.32. The van der Waals surface area contributed by atoms with E-state index in [1.807, 2.05) is 11.0 Å². The van der Waals surface area contributed by atoms with Crippen LogP contribution in [0.4, 0.5) is 8.78 Å². The van der Waals surface area contributed by atoms with E-state index in [1.54, 1.807) is 11.1 Å². The molecule has 0 bridgehead atoms. The SMILES string of the molecule is O=C(CCc1nccc(C2CCCN(C(=O)c3cc(F)cc(F)c3)C2)n1)N1CCCC1. The molecule has 2 saturated heterocycles. The molecule has 164 valence electrons. The lowest BCUT2D eigenvalue weighted by Gasteiger charge is -2.32. The van der Waals surface area contributed by atoms with Crippen molar-refractivity contribution in [2.45, 2.75) is 44.4 Å². The van der Waals surface area contributed by atoms with E-state index in [9.17, 15) is 18.4 Å². The molecule has 31 heavy (non-hydrogen) atoms. The van der Waals surface area contributed by atoms with Crippen LogP contribution in [-0.4, -0.2) is 57.8 Å². The van der Waals surface area contributed by atoms with E-state index >= 15 is 0 Å². The highest BCUT2D eigenvalue weighted by Gasteiger charge is 2.27. The van der Waals surface area contributed by atoms with Crippen LogP contribution in [0.1, 0.15) is 59.9 Å². The number of nitrogens with zero attached hydrogens (tertiary/aromatic N) is 4. The second kappa shape index (κ2) is 9.49. The molecular weight excluding hydrogens is 402 g/mol. The van der Waals surface area contributed by atoms with Gasteiger partial charge in [0.25, 0.3) is 5.91 Å². The number of aryl methyl sites for hydroxylation is 1. The Morgan fingerprint density at radius 3 is 2.45 bits per heavy atom. The number of halogens is 2.